The molecule has 158 valence electrons. The van der Waals surface area contributed by atoms with Gasteiger partial charge in [0.1, 0.15) is 5.75 Å². The van der Waals surface area contributed by atoms with E-state index in [1.54, 1.807) is 18.2 Å². The third-order valence-electron chi connectivity index (χ3n) is 8.28. The van der Waals surface area contributed by atoms with Crippen LogP contribution in [0.15, 0.2) is 36.4 Å². The Morgan fingerprint density at radius 1 is 1.07 bits per heavy atom. The van der Waals surface area contributed by atoms with Gasteiger partial charge in [0.2, 0.25) is 6.79 Å². The lowest BCUT2D eigenvalue weighted by molar-refractivity contribution is -0.0106. The summed E-state index contributed by atoms with van der Waals surface area (Å²) in [6, 6.07) is 14.0. The summed E-state index contributed by atoms with van der Waals surface area (Å²) in [5.74, 6) is 3.59. The van der Waals surface area contributed by atoms with Crippen molar-refractivity contribution in [3.05, 3.63) is 53.1 Å². The number of hydrogen-bond acceptors (Lipinski definition) is 4. The molecule has 0 unspecified atom stereocenters. The van der Waals surface area contributed by atoms with Crippen LogP contribution in [0.5, 0.6) is 17.2 Å². The molecule has 2 aliphatic carbocycles. The van der Waals surface area contributed by atoms with Crippen molar-refractivity contribution in [2.75, 3.05) is 27.0 Å². The summed E-state index contributed by atoms with van der Waals surface area (Å²) in [4.78, 5) is 2.80. The topological polar surface area (TPSA) is 30.9 Å². The first-order chi connectivity index (χ1) is 14.8. The zero-order valence-electron chi connectivity index (χ0n) is 17.9. The van der Waals surface area contributed by atoms with Gasteiger partial charge in [0, 0.05) is 18.0 Å². The molecule has 2 aromatic carbocycles. The first-order valence-electron chi connectivity index (χ1n) is 11.6. The second-order valence-corrected chi connectivity index (χ2v) is 9.53. The molecule has 4 aliphatic rings. The molecule has 0 spiro atoms. The molecule has 2 aliphatic heterocycles. The fraction of sp³-hybridized carbons (Fsp3) is 0.538. The Hall–Kier alpha value is -2.20. The average molecular weight is 406 g/mol. The van der Waals surface area contributed by atoms with Crippen molar-refractivity contribution in [2.24, 2.45) is 5.92 Å². The van der Waals surface area contributed by atoms with Crippen LogP contribution in [0.1, 0.15) is 48.8 Å². The van der Waals surface area contributed by atoms with Crippen molar-refractivity contribution in [1.29, 1.82) is 0 Å². The van der Waals surface area contributed by atoms with Gasteiger partial charge in [0.15, 0.2) is 11.5 Å². The van der Waals surface area contributed by atoms with Gasteiger partial charge < -0.3 is 14.2 Å². The summed E-state index contributed by atoms with van der Waals surface area (Å²) >= 11 is 0. The molecule has 4 heteroatoms. The average Bonchev–Trinajstić information content (AvgIpc) is 3.26. The van der Waals surface area contributed by atoms with Gasteiger partial charge in [-0.1, -0.05) is 25.0 Å². The first kappa shape index (κ1) is 18.6. The quantitative estimate of drug-likeness (QED) is 0.736. The second-order valence-electron chi connectivity index (χ2n) is 9.53. The highest BCUT2D eigenvalue weighted by Crippen LogP contribution is 2.56. The number of hydrogen-bond donors (Lipinski definition) is 0. The zero-order chi connectivity index (χ0) is 20.1. The normalized spacial score (nSPS) is 29.2. The summed E-state index contributed by atoms with van der Waals surface area (Å²) in [6.45, 7) is 2.69. The molecule has 2 fully saturated rings. The Morgan fingerprint density at radius 2 is 2.00 bits per heavy atom. The van der Waals surface area contributed by atoms with Gasteiger partial charge in [-0.15, -0.1) is 0 Å². The predicted molar refractivity (Wildman–Crippen MR) is 117 cm³/mol. The minimum absolute atomic E-state index is 0.348. The third kappa shape index (κ3) is 2.84. The standard InChI is InChI=1S/C26H31NO3/c1-28-20-7-6-19-15-23-21-4-2-3-10-26(21,22(19)16-20)11-13-27(23)12-9-18-5-8-24-25(14-18)30-17-29-24/h5-8,14,16,21,23H,2-4,9-13,15,17H2,1H3/t21-,23+,26-/m0/s1. The highest BCUT2D eigenvalue weighted by molar-refractivity contribution is 5.46. The Bertz CT molecular complexity index is 957. The SMILES string of the molecule is COc1ccc2c(c1)[C@]13CCCC[C@H]1[C@@H](C2)N(CCc1ccc2c(c1)OCO2)CC3. The molecular weight excluding hydrogens is 374 g/mol. The van der Waals surface area contributed by atoms with Crippen molar-refractivity contribution < 1.29 is 14.2 Å². The van der Waals surface area contributed by atoms with Crippen LogP contribution in [0.2, 0.25) is 0 Å². The van der Waals surface area contributed by atoms with Crippen LogP contribution in [-0.4, -0.2) is 37.9 Å². The van der Waals surface area contributed by atoms with E-state index in [9.17, 15) is 0 Å². The minimum Gasteiger partial charge on any atom is -0.497 e. The largest absolute Gasteiger partial charge is 0.497 e. The number of nitrogens with zero attached hydrogens (tertiary/aromatic N) is 1. The van der Waals surface area contributed by atoms with Crippen LogP contribution in [0.25, 0.3) is 0 Å². The molecule has 6 rings (SSSR count). The first-order valence-corrected chi connectivity index (χ1v) is 11.6. The van der Waals surface area contributed by atoms with E-state index in [1.807, 2.05) is 0 Å². The predicted octanol–water partition coefficient (Wildman–Crippen LogP) is 4.73. The van der Waals surface area contributed by atoms with Gasteiger partial charge in [0.25, 0.3) is 0 Å². The highest BCUT2D eigenvalue weighted by Gasteiger charge is 2.53. The van der Waals surface area contributed by atoms with Crippen molar-refractivity contribution in [3.8, 4) is 17.2 Å². The van der Waals surface area contributed by atoms with Crippen molar-refractivity contribution in [1.82, 2.24) is 4.90 Å². The lowest BCUT2D eigenvalue weighted by atomic mass is 9.52. The molecule has 30 heavy (non-hydrogen) atoms. The lowest BCUT2D eigenvalue weighted by Crippen LogP contribution is -2.61. The fourth-order valence-corrected chi connectivity index (χ4v) is 6.84. The lowest BCUT2D eigenvalue weighted by Gasteiger charge is -2.59. The monoisotopic (exact) mass is 405 g/mol. The fourth-order valence-electron chi connectivity index (χ4n) is 6.84. The van der Waals surface area contributed by atoms with Crippen molar-refractivity contribution in [3.63, 3.8) is 0 Å². The van der Waals surface area contributed by atoms with Crippen LogP contribution >= 0.6 is 0 Å². The third-order valence-corrected chi connectivity index (χ3v) is 8.28. The Balaban J connectivity index is 1.26. The van der Waals surface area contributed by atoms with E-state index in [1.165, 1.54) is 50.6 Å². The molecule has 1 saturated carbocycles. The number of benzene rings is 2. The van der Waals surface area contributed by atoms with Crippen LogP contribution in [0.4, 0.5) is 0 Å². The van der Waals surface area contributed by atoms with E-state index in [0.29, 0.717) is 18.2 Å². The van der Waals surface area contributed by atoms with Gasteiger partial charge in [-0.2, -0.15) is 0 Å². The van der Waals surface area contributed by atoms with Crippen LogP contribution in [0.3, 0.4) is 0 Å². The van der Waals surface area contributed by atoms with E-state index in [0.717, 1.165) is 36.1 Å². The number of fused-ring (bicyclic) bond motifs is 2. The van der Waals surface area contributed by atoms with E-state index in [2.05, 4.69) is 41.3 Å². The smallest absolute Gasteiger partial charge is 0.231 e. The van der Waals surface area contributed by atoms with Gasteiger partial charge >= 0.3 is 0 Å². The molecule has 3 atom stereocenters. The molecule has 1 saturated heterocycles. The Morgan fingerprint density at radius 3 is 2.93 bits per heavy atom. The molecule has 4 nitrogen and oxygen atoms in total. The van der Waals surface area contributed by atoms with Gasteiger partial charge in [-0.25, -0.2) is 0 Å². The second kappa shape index (κ2) is 7.19. The Labute approximate surface area is 179 Å². The van der Waals surface area contributed by atoms with Gasteiger partial charge in [-0.3, -0.25) is 4.90 Å². The van der Waals surface area contributed by atoms with Gasteiger partial charge in [0.05, 0.1) is 7.11 Å². The van der Waals surface area contributed by atoms with E-state index in [4.69, 9.17) is 14.2 Å². The maximum absolute atomic E-state index is 5.61. The van der Waals surface area contributed by atoms with Crippen LogP contribution in [-0.2, 0) is 18.3 Å². The number of rotatable bonds is 4. The molecule has 0 N–H and O–H groups in total. The van der Waals surface area contributed by atoms with E-state index >= 15 is 0 Å². The number of ether oxygens (including phenoxy) is 3. The zero-order valence-corrected chi connectivity index (χ0v) is 17.9. The summed E-state index contributed by atoms with van der Waals surface area (Å²) in [7, 11) is 1.79. The molecule has 2 heterocycles. The van der Waals surface area contributed by atoms with E-state index in [-0.39, 0.29) is 0 Å². The van der Waals surface area contributed by atoms with Crippen molar-refractivity contribution >= 4 is 0 Å². The molecule has 2 bridgehead atoms. The number of likely N-dealkylation sites (tertiary alicyclic amines) is 1. The summed E-state index contributed by atoms with van der Waals surface area (Å²) < 4.78 is 16.7. The molecule has 0 amide bonds. The number of piperidine rings is 1. The summed E-state index contributed by atoms with van der Waals surface area (Å²) in [6.07, 6.45) is 9.03. The molecular formula is C26H31NO3. The number of methoxy groups -OCH3 is 1. The molecule has 2 aromatic rings. The van der Waals surface area contributed by atoms with Crippen LogP contribution in [0, 0.1) is 5.92 Å². The minimum atomic E-state index is 0.348. The van der Waals surface area contributed by atoms with Gasteiger partial charge in [-0.05, 0) is 85.5 Å². The maximum atomic E-state index is 5.61. The summed E-state index contributed by atoms with van der Waals surface area (Å²) in [5.41, 5.74) is 4.89. The van der Waals surface area contributed by atoms with E-state index < -0.39 is 0 Å². The molecule has 0 aromatic heterocycles. The van der Waals surface area contributed by atoms with Crippen LogP contribution < -0.4 is 14.2 Å². The van der Waals surface area contributed by atoms with Crippen molar-refractivity contribution in [2.45, 2.75) is 56.4 Å². The Kier molecular flexibility index (Phi) is 4.45. The maximum Gasteiger partial charge on any atom is 0.231 e. The highest BCUT2D eigenvalue weighted by atomic mass is 16.7. The summed E-state index contributed by atoms with van der Waals surface area (Å²) in [5, 5.41) is 0. The molecule has 0 radical (unpaired) electrons.